The molecule has 3 heteroatoms. The van der Waals surface area contributed by atoms with Crippen LogP contribution in [0.25, 0.3) is 0 Å². The van der Waals surface area contributed by atoms with Gasteiger partial charge in [0.05, 0.1) is 24.5 Å². The van der Waals surface area contributed by atoms with Gasteiger partial charge in [-0.2, -0.15) is 0 Å². The molecule has 2 aromatic carbocycles. The highest BCUT2D eigenvalue weighted by atomic mass is 16.2. The molecule has 1 amide bonds. The van der Waals surface area contributed by atoms with Crippen molar-refractivity contribution in [1.29, 1.82) is 0 Å². The van der Waals surface area contributed by atoms with Gasteiger partial charge in [0.2, 0.25) is 5.91 Å². The minimum atomic E-state index is 0.111. The first kappa shape index (κ1) is 11.8. The lowest BCUT2D eigenvalue weighted by Gasteiger charge is -2.30. The molecule has 96 valence electrons. The summed E-state index contributed by atoms with van der Waals surface area (Å²) in [6, 6.07) is 16.2. The van der Waals surface area contributed by atoms with Crippen molar-refractivity contribution in [1.82, 2.24) is 0 Å². The molecule has 0 saturated heterocycles. The molecule has 3 rings (SSSR count). The van der Waals surface area contributed by atoms with E-state index in [-0.39, 0.29) is 5.91 Å². The number of hydrogen-bond acceptors (Lipinski definition) is 2. The zero-order chi connectivity index (χ0) is 13.2. The molecule has 0 aliphatic carbocycles. The number of fused-ring (bicyclic) bond motifs is 1. The van der Waals surface area contributed by atoms with Gasteiger partial charge in [0.1, 0.15) is 0 Å². The van der Waals surface area contributed by atoms with Crippen molar-refractivity contribution in [3.05, 3.63) is 59.7 Å². The number of para-hydroxylation sites is 2. The van der Waals surface area contributed by atoms with E-state index >= 15 is 0 Å². The van der Waals surface area contributed by atoms with Crippen LogP contribution in [0, 0.1) is 6.92 Å². The number of amides is 1. The fourth-order valence-electron chi connectivity index (χ4n) is 2.43. The monoisotopic (exact) mass is 252 g/mol. The highest BCUT2D eigenvalue weighted by Crippen LogP contribution is 2.30. The first-order valence-electron chi connectivity index (χ1n) is 6.43. The normalized spacial score (nSPS) is 13.9. The number of rotatable bonds is 2. The largest absolute Gasteiger partial charge is 0.374 e. The summed E-state index contributed by atoms with van der Waals surface area (Å²) in [6.45, 7) is 3.05. The van der Waals surface area contributed by atoms with Crippen LogP contribution in [0.15, 0.2) is 48.5 Å². The molecule has 0 unspecified atom stereocenters. The van der Waals surface area contributed by atoms with E-state index in [1.54, 1.807) is 0 Å². The van der Waals surface area contributed by atoms with E-state index in [4.69, 9.17) is 0 Å². The van der Waals surface area contributed by atoms with Gasteiger partial charge < -0.3 is 10.2 Å². The van der Waals surface area contributed by atoms with Crippen molar-refractivity contribution in [3.63, 3.8) is 0 Å². The highest BCUT2D eigenvalue weighted by molar-refractivity contribution is 6.02. The minimum absolute atomic E-state index is 0.111. The number of hydrogen-bond donors (Lipinski definition) is 1. The third-order valence-corrected chi connectivity index (χ3v) is 3.35. The Bertz CT molecular complexity index is 622. The SMILES string of the molecule is Cc1cccc(CN2C(=O)CNc3ccccc32)c1. The molecule has 0 atom stereocenters. The first-order valence-corrected chi connectivity index (χ1v) is 6.43. The summed E-state index contributed by atoms with van der Waals surface area (Å²) in [6.07, 6.45) is 0. The van der Waals surface area contributed by atoms with Gasteiger partial charge in [-0.1, -0.05) is 42.0 Å². The van der Waals surface area contributed by atoms with Gasteiger partial charge in [-0.25, -0.2) is 0 Å². The van der Waals surface area contributed by atoms with Gasteiger partial charge in [0.15, 0.2) is 0 Å². The Balaban J connectivity index is 1.94. The van der Waals surface area contributed by atoms with Crippen molar-refractivity contribution in [3.8, 4) is 0 Å². The van der Waals surface area contributed by atoms with Gasteiger partial charge >= 0.3 is 0 Å². The Hall–Kier alpha value is -2.29. The smallest absolute Gasteiger partial charge is 0.246 e. The molecule has 1 aliphatic rings. The molecular weight excluding hydrogens is 236 g/mol. The number of anilines is 2. The Morgan fingerprint density at radius 1 is 1.16 bits per heavy atom. The van der Waals surface area contributed by atoms with Crippen LogP contribution in [0.4, 0.5) is 11.4 Å². The third-order valence-electron chi connectivity index (χ3n) is 3.35. The highest BCUT2D eigenvalue weighted by Gasteiger charge is 2.23. The Labute approximate surface area is 112 Å². The topological polar surface area (TPSA) is 32.3 Å². The summed E-state index contributed by atoms with van der Waals surface area (Å²) in [7, 11) is 0. The molecule has 3 nitrogen and oxygen atoms in total. The maximum atomic E-state index is 12.1. The zero-order valence-electron chi connectivity index (χ0n) is 10.9. The second-order valence-corrected chi connectivity index (χ2v) is 4.84. The standard InChI is InChI=1S/C16H16N2O/c1-12-5-4-6-13(9-12)11-18-15-8-3-2-7-14(15)17-10-16(18)19/h2-9,17H,10-11H2,1H3. The fourth-order valence-corrected chi connectivity index (χ4v) is 2.43. The summed E-state index contributed by atoms with van der Waals surface area (Å²) in [5.41, 5.74) is 4.36. The van der Waals surface area contributed by atoms with Crippen LogP contribution in [0.5, 0.6) is 0 Å². The van der Waals surface area contributed by atoms with E-state index in [1.807, 2.05) is 35.2 Å². The molecule has 0 spiro atoms. The zero-order valence-corrected chi connectivity index (χ0v) is 10.9. The van der Waals surface area contributed by atoms with Crippen LogP contribution < -0.4 is 10.2 Å². The molecule has 2 aromatic rings. The quantitative estimate of drug-likeness (QED) is 0.891. The predicted octanol–water partition coefficient (Wildman–Crippen LogP) is 2.95. The summed E-state index contributed by atoms with van der Waals surface area (Å²) in [4.78, 5) is 14.0. The second-order valence-electron chi connectivity index (χ2n) is 4.84. The molecule has 1 N–H and O–H groups in total. The lowest BCUT2D eigenvalue weighted by atomic mass is 10.1. The molecule has 0 fully saturated rings. The maximum Gasteiger partial charge on any atom is 0.246 e. The number of nitrogens with one attached hydrogen (secondary N) is 1. The van der Waals surface area contributed by atoms with Gasteiger partial charge in [0.25, 0.3) is 0 Å². The van der Waals surface area contributed by atoms with E-state index in [2.05, 4.69) is 30.4 Å². The maximum absolute atomic E-state index is 12.1. The number of benzene rings is 2. The molecule has 0 aromatic heterocycles. The summed E-state index contributed by atoms with van der Waals surface area (Å²) >= 11 is 0. The molecule has 19 heavy (non-hydrogen) atoms. The number of carbonyl (C=O) groups is 1. The average molecular weight is 252 g/mol. The van der Waals surface area contributed by atoms with E-state index in [1.165, 1.54) is 5.56 Å². The van der Waals surface area contributed by atoms with Crippen LogP contribution in [0.1, 0.15) is 11.1 Å². The predicted molar refractivity (Wildman–Crippen MR) is 77.3 cm³/mol. The molecule has 0 saturated carbocycles. The number of carbonyl (C=O) groups excluding carboxylic acids is 1. The third kappa shape index (κ3) is 2.32. The van der Waals surface area contributed by atoms with Crippen molar-refractivity contribution in [2.45, 2.75) is 13.5 Å². The number of aryl methyl sites for hydroxylation is 1. The van der Waals surface area contributed by atoms with Gasteiger partial charge in [-0.05, 0) is 24.6 Å². The lowest BCUT2D eigenvalue weighted by Crippen LogP contribution is -2.39. The minimum Gasteiger partial charge on any atom is -0.374 e. The average Bonchev–Trinajstić information content (AvgIpc) is 2.42. The molecule has 1 aliphatic heterocycles. The summed E-state index contributed by atoms with van der Waals surface area (Å²) in [5.74, 6) is 0.111. The van der Waals surface area contributed by atoms with Crippen LogP contribution in [-0.4, -0.2) is 12.5 Å². The molecule has 0 radical (unpaired) electrons. The fraction of sp³-hybridized carbons (Fsp3) is 0.188. The first-order chi connectivity index (χ1) is 9.24. The van der Waals surface area contributed by atoms with Crippen molar-refractivity contribution in [2.75, 3.05) is 16.8 Å². The summed E-state index contributed by atoms with van der Waals surface area (Å²) < 4.78 is 0. The molecule has 0 bridgehead atoms. The van der Waals surface area contributed by atoms with Crippen LogP contribution >= 0.6 is 0 Å². The molecule has 1 heterocycles. The van der Waals surface area contributed by atoms with Crippen molar-refractivity contribution in [2.24, 2.45) is 0 Å². The van der Waals surface area contributed by atoms with Gasteiger partial charge in [-0.3, -0.25) is 4.79 Å². The van der Waals surface area contributed by atoms with E-state index in [0.29, 0.717) is 13.1 Å². The lowest BCUT2D eigenvalue weighted by molar-refractivity contribution is -0.117. The second kappa shape index (κ2) is 4.76. The van der Waals surface area contributed by atoms with E-state index in [9.17, 15) is 4.79 Å². The van der Waals surface area contributed by atoms with Crippen molar-refractivity contribution < 1.29 is 4.79 Å². The van der Waals surface area contributed by atoms with Gasteiger partial charge in [-0.15, -0.1) is 0 Å². The van der Waals surface area contributed by atoms with Gasteiger partial charge in [0, 0.05) is 0 Å². The Kier molecular flexibility index (Phi) is 2.95. The van der Waals surface area contributed by atoms with Crippen molar-refractivity contribution >= 4 is 17.3 Å². The van der Waals surface area contributed by atoms with E-state index < -0.39 is 0 Å². The summed E-state index contributed by atoms with van der Waals surface area (Å²) in [5, 5.41) is 3.15. The van der Waals surface area contributed by atoms with Crippen LogP contribution in [-0.2, 0) is 11.3 Å². The van der Waals surface area contributed by atoms with Crippen LogP contribution in [0.2, 0.25) is 0 Å². The Morgan fingerprint density at radius 2 is 2.00 bits per heavy atom. The molecular formula is C16H16N2O. The number of nitrogens with zero attached hydrogens (tertiary/aromatic N) is 1. The van der Waals surface area contributed by atoms with E-state index in [0.717, 1.165) is 16.9 Å². The Morgan fingerprint density at radius 3 is 2.84 bits per heavy atom. The van der Waals surface area contributed by atoms with Crippen LogP contribution in [0.3, 0.4) is 0 Å².